The molecule has 6 heteroatoms. The summed E-state index contributed by atoms with van der Waals surface area (Å²) in [6.07, 6.45) is 2.03. The third-order valence-corrected chi connectivity index (χ3v) is 3.98. The van der Waals surface area contributed by atoms with Crippen LogP contribution in [-0.2, 0) is 6.54 Å². The fourth-order valence-electron chi connectivity index (χ4n) is 2.89. The summed E-state index contributed by atoms with van der Waals surface area (Å²) in [6.45, 7) is 3.47. The van der Waals surface area contributed by atoms with Gasteiger partial charge in [0.15, 0.2) is 0 Å². The van der Waals surface area contributed by atoms with Gasteiger partial charge in [-0.2, -0.15) is 0 Å². The number of fused-ring (bicyclic) bond motifs is 1. The van der Waals surface area contributed by atoms with Crippen molar-refractivity contribution in [2.24, 2.45) is 5.73 Å². The van der Waals surface area contributed by atoms with E-state index in [1.807, 2.05) is 30.2 Å². The summed E-state index contributed by atoms with van der Waals surface area (Å²) in [5, 5.41) is 2.49. The molecule has 1 aliphatic heterocycles. The molecule has 6 nitrogen and oxygen atoms in total. The van der Waals surface area contributed by atoms with Crippen LogP contribution in [0.3, 0.4) is 0 Å². The van der Waals surface area contributed by atoms with Crippen LogP contribution in [0.4, 0.5) is 10.5 Å². The summed E-state index contributed by atoms with van der Waals surface area (Å²) in [5.41, 5.74) is 7.30. The smallest absolute Gasteiger partial charge is 0.316 e. The third-order valence-electron chi connectivity index (χ3n) is 3.98. The van der Waals surface area contributed by atoms with Crippen LogP contribution < -0.4 is 11.1 Å². The maximum absolute atomic E-state index is 12.8. The molecule has 0 aliphatic carbocycles. The number of anilines is 1. The highest BCUT2D eigenvalue weighted by Crippen LogP contribution is 2.27. The molecule has 1 unspecified atom stereocenters. The lowest BCUT2D eigenvalue weighted by Gasteiger charge is -2.35. The molecule has 0 spiro atoms. The Morgan fingerprint density at radius 2 is 2.05 bits per heavy atom. The van der Waals surface area contributed by atoms with Crippen molar-refractivity contribution in [3.05, 3.63) is 53.9 Å². The lowest BCUT2D eigenvalue weighted by atomic mass is 10.1. The molecule has 1 atom stereocenters. The van der Waals surface area contributed by atoms with E-state index < -0.39 is 6.03 Å². The van der Waals surface area contributed by atoms with Crippen molar-refractivity contribution in [2.45, 2.75) is 19.5 Å². The number of aromatic nitrogens is 1. The second-order valence-corrected chi connectivity index (χ2v) is 5.37. The highest BCUT2D eigenvalue weighted by molar-refractivity contribution is 5.97. The number of hydrogen-bond donors (Lipinski definition) is 2. The van der Waals surface area contributed by atoms with E-state index in [0.717, 1.165) is 12.2 Å². The summed E-state index contributed by atoms with van der Waals surface area (Å²) in [5.74, 6) is -0.0481. The van der Waals surface area contributed by atoms with Crippen molar-refractivity contribution in [3.8, 4) is 0 Å². The molecule has 0 bridgehead atoms. The predicted molar refractivity (Wildman–Crippen MR) is 83.5 cm³/mol. The van der Waals surface area contributed by atoms with Crippen molar-refractivity contribution in [1.82, 2.24) is 9.47 Å². The van der Waals surface area contributed by atoms with Gasteiger partial charge in [0.05, 0.1) is 6.04 Å². The number of nitrogens with zero attached hydrogens (tertiary/aromatic N) is 2. The highest BCUT2D eigenvalue weighted by Gasteiger charge is 2.28. The van der Waals surface area contributed by atoms with Gasteiger partial charge in [-0.3, -0.25) is 4.79 Å². The molecular formula is C16H18N4O2. The molecule has 0 radical (unpaired) electrons. The van der Waals surface area contributed by atoms with Gasteiger partial charge in [0.25, 0.3) is 5.91 Å². The number of nitrogens with one attached hydrogen (secondary N) is 1. The van der Waals surface area contributed by atoms with Crippen LogP contribution in [0.1, 0.15) is 29.0 Å². The normalized spacial score (nSPS) is 17.0. The average molecular weight is 298 g/mol. The maximum Gasteiger partial charge on any atom is 0.316 e. The minimum Gasteiger partial charge on any atom is -0.351 e. The second kappa shape index (κ2) is 5.55. The molecule has 1 aromatic heterocycles. The minimum atomic E-state index is -0.645. The van der Waals surface area contributed by atoms with Crippen LogP contribution in [0.15, 0.2) is 42.6 Å². The first-order chi connectivity index (χ1) is 10.6. The van der Waals surface area contributed by atoms with Crippen LogP contribution in [0, 0.1) is 0 Å². The number of nitrogens with two attached hydrogens (primary N) is 1. The van der Waals surface area contributed by atoms with Gasteiger partial charge < -0.3 is 20.5 Å². The van der Waals surface area contributed by atoms with Crippen molar-refractivity contribution in [2.75, 3.05) is 11.9 Å². The molecule has 22 heavy (non-hydrogen) atoms. The van der Waals surface area contributed by atoms with Gasteiger partial charge >= 0.3 is 6.03 Å². The molecule has 114 valence electrons. The zero-order chi connectivity index (χ0) is 15.7. The van der Waals surface area contributed by atoms with Gasteiger partial charge in [0.1, 0.15) is 0 Å². The topological polar surface area (TPSA) is 80.4 Å². The monoisotopic (exact) mass is 298 g/mol. The van der Waals surface area contributed by atoms with Crippen molar-refractivity contribution in [1.29, 1.82) is 0 Å². The van der Waals surface area contributed by atoms with Crippen molar-refractivity contribution < 1.29 is 9.59 Å². The second-order valence-electron chi connectivity index (χ2n) is 5.37. The first-order valence-corrected chi connectivity index (χ1v) is 7.19. The molecule has 0 saturated carbocycles. The Balaban J connectivity index is 1.84. The summed E-state index contributed by atoms with van der Waals surface area (Å²) in [6, 6.07) is 10.2. The molecule has 0 saturated heterocycles. The van der Waals surface area contributed by atoms with Crippen molar-refractivity contribution >= 4 is 17.6 Å². The number of primary amides is 1. The number of hydrogen-bond acceptors (Lipinski definition) is 2. The summed E-state index contributed by atoms with van der Waals surface area (Å²) < 4.78 is 2.17. The van der Waals surface area contributed by atoms with Gasteiger partial charge in [-0.1, -0.05) is 6.07 Å². The standard InChI is InChI=1S/C16H18N4O2/c1-11-14-6-3-7-19(14)8-9-20(11)15(21)12-4-2-5-13(10-12)18-16(17)22/h2-7,10-11H,8-9H2,1H3,(H3,17,18,22). The van der Waals surface area contributed by atoms with E-state index in [1.54, 1.807) is 24.3 Å². The molecule has 1 aromatic carbocycles. The first-order valence-electron chi connectivity index (χ1n) is 7.19. The van der Waals surface area contributed by atoms with Gasteiger partial charge in [-0.05, 0) is 37.3 Å². The predicted octanol–water partition coefficient (Wildman–Crippen LogP) is 2.20. The molecule has 3 N–H and O–H groups in total. The number of amides is 3. The fourth-order valence-corrected chi connectivity index (χ4v) is 2.89. The van der Waals surface area contributed by atoms with Crippen LogP contribution in [0.25, 0.3) is 0 Å². The lowest BCUT2D eigenvalue weighted by Crippen LogP contribution is -2.40. The summed E-state index contributed by atoms with van der Waals surface area (Å²) in [4.78, 5) is 25.5. The van der Waals surface area contributed by atoms with E-state index in [9.17, 15) is 9.59 Å². The van der Waals surface area contributed by atoms with Gasteiger partial charge in [0, 0.05) is 36.2 Å². The number of benzene rings is 1. The number of carbonyl (C=O) groups is 2. The van der Waals surface area contributed by atoms with Gasteiger partial charge in [-0.25, -0.2) is 4.79 Å². The zero-order valence-electron chi connectivity index (χ0n) is 12.3. The van der Waals surface area contributed by atoms with E-state index in [2.05, 4.69) is 9.88 Å². The average Bonchev–Trinajstić information content (AvgIpc) is 2.96. The Labute approximate surface area is 128 Å². The van der Waals surface area contributed by atoms with E-state index >= 15 is 0 Å². The molecule has 1 aliphatic rings. The SMILES string of the molecule is CC1c2cccn2CCN1C(=O)c1cccc(NC(N)=O)c1. The van der Waals surface area contributed by atoms with Crippen LogP contribution in [0.5, 0.6) is 0 Å². The lowest BCUT2D eigenvalue weighted by molar-refractivity contribution is 0.0644. The first kappa shape index (κ1) is 14.2. The van der Waals surface area contributed by atoms with E-state index in [-0.39, 0.29) is 11.9 Å². The van der Waals surface area contributed by atoms with E-state index in [4.69, 9.17) is 5.73 Å². The van der Waals surface area contributed by atoms with Gasteiger partial charge in [-0.15, -0.1) is 0 Å². The minimum absolute atomic E-state index is 0.0176. The molecule has 3 amide bonds. The largest absolute Gasteiger partial charge is 0.351 e. The molecular weight excluding hydrogens is 280 g/mol. The quantitative estimate of drug-likeness (QED) is 0.891. The summed E-state index contributed by atoms with van der Waals surface area (Å²) >= 11 is 0. The summed E-state index contributed by atoms with van der Waals surface area (Å²) in [7, 11) is 0. The Morgan fingerprint density at radius 1 is 1.23 bits per heavy atom. The highest BCUT2D eigenvalue weighted by atomic mass is 16.2. The molecule has 0 fully saturated rings. The van der Waals surface area contributed by atoms with Crippen molar-refractivity contribution in [3.63, 3.8) is 0 Å². The Hall–Kier alpha value is -2.76. The van der Waals surface area contributed by atoms with E-state index in [0.29, 0.717) is 17.8 Å². The number of urea groups is 1. The Kier molecular flexibility index (Phi) is 3.58. The third kappa shape index (κ3) is 2.55. The van der Waals surface area contributed by atoms with Crippen LogP contribution in [-0.4, -0.2) is 28.0 Å². The Morgan fingerprint density at radius 3 is 2.82 bits per heavy atom. The maximum atomic E-state index is 12.8. The van der Waals surface area contributed by atoms with Crippen LogP contribution in [0.2, 0.25) is 0 Å². The molecule has 3 rings (SSSR count). The van der Waals surface area contributed by atoms with E-state index in [1.165, 1.54) is 0 Å². The number of rotatable bonds is 2. The molecule has 2 aromatic rings. The number of carbonyl (C=O) groups excluding carboxylic acids is 2. The fraction of sp³-hybridized carbons (Fsp3) is 0.250. The van der Waals surface area contributed by atoms with Crippen LogP contribution >= 0.6 is 0 Å². The molecule has 2 heterocycles. The Bertz CT molecular complexity index is 722. The van der Waals surface area contributed by atoms with Gasteiger partial charge in [0.2, 0.25) is 0 Å². The zero-order valence-corrected chi connectivity index (χ0v) is 12.3.